The minimum Gasteiger partial charge on any atom is -0.466 e. The van der Waals surface area contributed by atoms with Crippen LogP contribution in [0.5, 0.6) is 0 Å². The molecule has 0 unspecified atom stereocenters. The fourth-order valence-corrected chi connectivity index (χ4v) is 4.10. The van der Waals surface area contributed by atoms with Crippen LogP contribution < -0.4 is 0 Å². The average molecular weight is 499 g/mol. The molecule has 0 radical (unpaired) electrons. The zero-order valence-corrected chi connectivity index (χ0v) is 21.2. The van der Waals surface area contributed by atoms with Crippen molar-refractivity contribution in [3.8, 4) is 0 Å². The van der Waals surface area contributed by atoms with E-state index in [1.807, 2.05) is 7.05 Å². The molecular formula is C24H38N2O9. The minimum atomic E-state index is -1.23. The Morgan fingerprint density at radius 2 is 2.03 bits per heavy atom. The molecular weight excluding hydrogens is 460 g/mol. The predicted molar refractivity (Wildman–Crippen MR) is 125 cm³/mol. The number of hydrogen-bond donors (Lipinski definition) is 1. The Hall–Kier alpha value is -2.31. The molecule has 11 nitrogen and oxygen atoms in total. The maximum absolute atomic E-state index is 12.3. The molecule has 1 saturated heterocycles. The van der Waals surface area contributed by atoms with Gasteiger partial charge in [0.1, 0.15) is 12.7 Å². The zero-order valence-electron chi connectivity index (χ0n) is 21.2. The van der Waals surface area contributed by atoms with Crippen LogP contribution in [-0.4, -0.2) is 85.4 Å². The summed E-state index contributed by atoms with van der Waals surface area (Å²) in [5, 5.41) is 11.0. The lowest BCUT2D eigenvalue weighted by atomic mass is 9.83. The van der Waals surface area contributed by atoms with Crippen LogP contribution in [-0.2, 0) is 45.1 Å². The van der Waals surface area contributed by atoms with Gasteiger partial charge in [-0.3, -0.25) is 4.79 Å². The van der Waals surface area contributed by atoms with E-state index in [2.05, 4.69) is 4.98 Å². The molecule has 1 aromatic heterocycles. The summed E-state index contributed by atoms with van der Waals surface area (Å²) >= 11 is 0. The first-order chi connectivity index (χ1) is 16.8. The first-order valence-corrected chi connectivity index (χ1v) is 11.7. The number of ether oxygens (including phenoxy) is 6. The van der Waals surface area contributed by atoms with E-state index in [1.54, 1.807) is 30.1 Å². The number of aliphatic hydroxyl groups excluding tert-OH is 1. The predicted octanol–water partition coefficient (Wildman–Crippen LogP) is 1.83. The second kappa shape index (κ2) is 14.3. The third-order valence-electron chi connectivity index (χ3n) is 6.00. The third kappa shape index (κ3) is 8.39. The van der Waals surface area contributed by atoms with E-state index in [9.17, 15) is 14.7 Å². The van der Waals surface area contributed by atoms with E-state index in [1.165, 1.54) is 27.4 Å². The van der Waals surface area contributed by atoms with Crippen LogP contribution >= 0.6 is 0 Å². The van der Waals surface area contributed by atoms with Gasteiger partial charge in [0.15, 0.2) is 0 Å². The standard InChI is InChI=1S/C24H38N2O9/c1-6-33-21(28)10-8-7-9-19(27)18-13-24(31-4,32-5)23(30-3)35-20(18)15-34-22(29)12-11-17-14-26(2)16-25-17/h11-12,14,16,18-20,23,27H,6-10,13,15H2,1-5H3/b12-11+/t18-,19+,20-,23+/m1/s1. The molecule has 1 fully saturated rings. The van der Waals surface area contributed by atoms with Crippen LogP contribution in [0.3, 0.4) is 0 Å². The Labute approximate surface area is 206 Å². The van der Waals surface area contributed by atoms with Crippen molar-refractivity contribution in [1.82, 2.24) is 9.55 Å². The summed E-state index contributed by atoms with van der Waals surface area (Å²) in [5.74, 6) is -2.53. The number of esters is 2. The number of imidazole rings is 1. The maximum atomic E-state index is 12.3. The second-order valence-corrected chi connectivity index (χ2v) is 8.38. The van der Waals surface area contributed by atoms with Crippen LogP contribution in [0.15, 0.2) is 18.6 Å². The Kier molecular flexibility index (Phi) is 11.8. The molecule has 0 aliphatic carbocycles. The Morgan fingerprint density at radius 3 is 2.63 bits per heavy atom. The lowest BCUT2D eigenvalue weighted by Crippen LogP contribution is -2.59. The highest BCUT2D eigenvalue weighted by atomic mass is 16.8. The number of rotatable bonds is 14. The van der Waals surface area contributed by atoms with Crippen LogP contribution in [0.1, 0.15) is 44.7 Å². The number of nitrogens with zero attached hydrogens (tertiary/aromatic N) is 2. The molecule has 4 atom stereocenters. The molecule has 2 heterocycles. The van der Waals surface area contributed by atoms with Gasteiger partial charge in [0.2, 0.25) is 12.1 Å². The van der Waals surface area contributed by atoms with Gasteiger partial charge in [-0.1, -0.05) is 6.42 Å². The summed E-state index contributed by atoms with van der Waals surface area (Å²) in [6.45, 7) is 2.01. The molecule has 0 amide bonds. The fraction of sp³-hybridized carbons (Fsp3) is 0.708. The molecule has 1 aromatic rings. The van der Waals surface area contributed by atoms with Gasteiger partial charge in [-0.15, -0.1) is 0 Å². The summed E-state index contributed by atoms with van der Waals surface area (Å²) in [4.78, 5) is 28.0. The third-order valence-corrected chi connectivity index (χ3v) is 6.00. The summed E-state index contributed by atoms with van der Waals surface area (Å²) in [7, 11) is 6.24. The number of carbonyl (C=O) groups excluding carboxylic acids is 2. The van der Waals surface area contributed by atoms with Gasteiger partial charge in [-0.25, -0.2) is 9.78 Å². The molecule has 1 N–H and O–H groups in total. The molecule has 198 valence electrons. The van der Waals surface area contributed by atoms with Crippen LogP contribution in [0.4, 0.5) is 0 Å². The van der Waals surface area contributed by atoms with Gasteiger partial charge in [0.25, 0.3) is 0 Å². The van der Waals surface area contributed by atoms with Gasteiger partial charge in [0.05, 0.1) is 24.7 Å². The van der Waals surface area contributed by atoms with Crippen molar-refractivity contribution >= 4 is 18.0 Å². The van der Waals surface area contributed by atoms with E-state index < -0.39 is 36.2 Å². The topological polar surface area (TPSA) is 128 Å². The SMILES string of the molecule is CCOC(=O)CCCC[C@H](O)[C@H]1CC(OC)(OC)[C@@H](OC)O[C@@H]1COC(=O)/C=C/c1cn(C)cn1. The van der Waals surface area contributed by atoms with Crippen LogP contribution in [0.25, 0.3) is 6.08 Å². The van der Waals surface area contributed by atoms with E-state index in [4.69, 9.17) is 28.4 Å². The monoisotopic (exact) mass is 498 g/mol. The summed E-state index contributed by atoms with van der Waals surface area (Å²) in [6, 6.07) is 0. The van der Waals surface area contributed by atoms with E-state index in [-0.39, 0.29) is 25.4 Å². The minimum absolute atomic E-state index is 0.0979. The summed E-state index contributed by atoms with van der Waals surface area (Å²) in [6.07, 6.45) is 6.02. The number of hydrogen-bond acceptors (Lipinski definition) is 10. The normalized spacial score (nSPS) is 22.7. The van der Waals surface area contributed by atoms with Crippen molar-refractivity contribution in [2.75, 3.05) is 34.5 Å². The second-order valence-electron chi connectivity index (χ2n) is 8.38. The molecule has 11 heteroatoms. The van der Waals surface area contributed by atoms with Crippen molar-refractivity contribution in [3.63, 3.8) is 0 Å². The molecule has 1 aliphatic rings. The number of carbonyl (C=O) groups is 2. The number of aromatic nitrogens is 2. The lowest BCUT2D eigenvalue weighted by Gasteiger charge is -2.47. The Balaban J connectivity index is 2.02. The Bertz CT molecular complexity index is 822. The molecule has 35 heavy (non-hydrogen) atoms. The summed E-state index contributed by atoms with van der Waals surface area (Å²) < 4.78 is 34.8. The molecule has 0 spiro atoms. The first-order valence-electron chi connectivity index (χ1n) is 11.7. The lowest BCUT2D eigenvalue weighted by molar-refractivity contribution is -0.381. The average Bonchev–Trinajstić information content (AvgIpc) is 3.28. The van der Waals surface area contributed by atoms with Gasteiger partial charge >= 0.3 is 11.9 Å². The summed E-state index contributed by atoms with van der Waals surface area (Å²) in [5.41, 5.74) is 0.624. The fourth-order valence-electron chi connectivity index (χ4n) is 4.10. The Morgan fingerprint density at radius 1 is 1.29 bits per heavy atom. The van der Waals surface area contributed by atoms with E-state index in [0.29, 0.717) is 31.6 Å². The smallest absolute Gasteiger partial charge is 0.330 e. The van der Waals surface area contributed by atoms with Crippen molar-refractivity contribution in [3.05, 3.63) is 24.3 Å². The van der Waals surface area contributed by atoms with E-state index >= 15 is 0 Å². The number of aryl methyl sites for hydroxylation is 1. The number of aliphatic hydroxyl groups is 1. The molecule has 2 rings (SSSR count). The maximum Gasteiger partial charge on any atom is 0.330 e. The number of unbranched alkanes of at least 4 members (excludes halogenated alkanes) is 1. The first kappa shape index (κ1) is 28.9. The molecule has 0 aromatic carbocycles. The number of methoxy groups -OCH3 is 3. The van der Waals surface area contributed by atoms with Crippen LogP contribution in [0.2, 0.25) is 0 Å². The van der Waals surface area contributed by atoms with E-state index in [0.717, 1.165) is 0 Å². The van der Waals surface area contributed by atoms with Crippen LogP contribution in [0, 0.1) is 5.92 Å². The van der Waals surface area contributed by atoms with Crippen molar-refractivity contribution < 1.29 is 43.1 Å². The highest BCUT2D eigenvalue weighted by Crippen LogP contribution is 2.39. The van der Waals surface area contributed by atoms with Crippen molar-refractivity contribution in [1.29, 1.82) is 0 Å². The quantitative estimate of drug-likeness (QED) is 0.176. The highest BCUT2D eigenvalue weighted by Gasteiger charge is 2.52. The molecule has 0 saturated carbocycles. The van der Waals surface area contributed by atoms with Gasteiger partial charge in [0, 0.05) is 59.4 Å². The largest absolute Gasteiger partial charge is 0.466 e. The highest BCUT2D eigenvalue weighted by molar-refractivity contribution is 5.86. The van der Waals surface area contributed by atoms with Gasteiger partial charge < -0.3 is 38.1 Å². The van der Waals surface area contributed by atoms with Crippen molar-refractivity contribution in [2.45, 2.75) is 63.3 Å². The molecule has 0 bridgehead atoms. The van der Waals surface area contributed by atoms with Gasteiger partial charge in [-0.2, -0.15) is 0 Å². The van der Waals surface area contributed by atoms with Gasteiger partial charge in [-0.05, 0) is 25.8 Å². The zero-order chi connectivity index (χ0) is 25.8. The van der Waals surface area contributed by atoms with Crippen molar-refractivity contribution in [2.24, 2.45) is 13.0 Å². The molecule has 1 aliphatic heterocycles.